The highest BCUT2D eigenvalue weighted by atomic mass is 79.9. The Kier molecular flexibility index (Phi) is 2.74. The van der Waals surface area contributed by atoms with Gasteiger partial charge in [-0.1, -0.05) is 4.49 Å². The number of aromatic nitrogens is 4. The van der Waals surface area contributed by atoms with Crippen molar-refractivity contribution in [2.45, 2.75) is 20.4 Å². The second-order valence-electron chi connectivity index (χ2n) is 3.23. The summed E-state index contributed by atoms with van der Waals surface area (Å²) in [5.74, 6) is 0. The van der Waals surface area contributed by atoms with Gasteiger partial charge in [0.2, 0.25) is 0 Å². The Hall–Kier alpha value is -0.950. The number of nitrogens with two attached hydrogens (primary N) is 1. The lowest BCUT2D eigenvalue weighted by molar-refractivity contribution is 0.646. The van der Waals surface area contributed by atoms with Crippen molar-refractivity contribution in [2.24, 2.45) is 0 Å². The van der Waals surface area contributed by atoms with Crippen LogP contribution in [0.15, 0.2) is 4.47 Å². The van der Waals surface area contributed by atoms with Crippen LogP contribution in [0.3, 0.4) is 0 Å². The van der Waals surface area contributed by atoms with Gasteiger partial charge in [0.15, 0.2) is 0 Å². The first kappa shape index (κ1) is 10.6. The number of nitrogen functional groups attached to an aromatic ring is 1. The van der Waals surface area contributed by atoms with Gasteiger partial charge < -0.3 is 5.73 Å². The van der Waals surface area contributed by atoms with Crippen LogP contribution in [0.4, 0.5) is 5.00 Å². The van der Waals surface area contributed by atoms with Gasteiger partial charge in [-0.05, 0) is 29.8 Å². The van der Waals surface area contributed by atoms with Crippen molar-refractivity contribution in [2.75, 3.05) is 5.73 Å². The van der Waals surface area contributed by atoms with Gasteiger partial charge in [0, 0.05) is 11.5 Å². The predicted octanol–water partition coefficient (Wildman–Crippen LogP) is 1.74. The zero-order chi connectivity index (χ0) is 11.0. The van der Waals surface area contributed by atoms with E-state index in [1.165, 1.54) is 11.5 Å². The lowest BCUT2D eigenvalue weighted by Gasteiger charge is -2.01. The first-order valence-corrected chi connectivity index (χ1v) is 5.92. The van der Waals surface area contributed by atoms with E-state index >= 15 is 0 Å². The average Bonchev–Trinajstić information content (AvgIpc) is 2.69. The number of anilines is 1. The van der Waals surface area contributed by atoms with Crippen LogP contribution in [0.2, 0.25) is 0 Å². The van der Waals surface area contributed by atoms with Crippen molar-refractivity contribution >= 4 is 32.5 Å². The predicted molar refractivity (Wildman–Crippen MR) is 62.8 cm³/mol. The molecule has 0 aliphatic heterocycles. The van der Waals surface area contributed by atoms with Crippen LogP contribution in [0.1, 0.15) is 17.1 Å². The molecule has 0 radical (unpaired) electrons. The summed E-state index contributed by atoms with van der Waals surface area (Å²) in [6.45, 7) is 4.52. The highest BCUT2D eigenvalue weighted by Crippen LogP contribution is 2.21. The quantitative estimate of drug-likeness (QED) is 0.914. The molecule has 2 aromatic heterocycles. The number of hydrogen-bond donors (Lipinski definition) is 1. The van der Waals surface area contributed by atoms with Gasteiger partial charge in [-0.3, -0.25) is 4.68 Å². The second-order valence-corrected chi connectivity index (χ2v) is 4.81. The van der Waals surface area contributed by atoms with E-state index in [4.69, 9.17) is 5.73 Å². The molecule has 0 unspecified atom stereocenters. The van der Waals surface area contributed by atoms with E-state index in [1.54, 1.807) is 0 Å². The van der Waals surface area contributed by atoms with Crippen LogP contribution in [0, 0.1) is 13.8 Å². The molecule has 0 amide bonds. The largest absolute Gasteiger partial charge is 0.388 e. The standard InChI is InChI=1S/C8H10BrN5S/c1-4-7(9)5(2)14(12-4)3-6-8(10)15-13-11-6/h3,10H2,1-2H3. The second kappa shape index (κ2) is 3.90. The van der Waals surface area contributed by atoms with Crippen molar-refractivity contribution < 1.29 is 0 Å². The first-order valence-electron chi connectivity index (χ1n) is 4.35. The maximum Gasteiger partial charge on any atom is 0.132 e. The summed E-state index contributed by atoms with van der Waals surface area (Å²) in [4.78, 5) is 0. The number of nitrogens with zero attached hydrogens (tertiary/aromatic N) is 4. The Bertz CT molecular complexity index is 489. The van der Waals surface area contributed by atoms with Crippen LogP contribution in [-0.2, 0) is 6.54 Å². The van der Waals surface area contributed by atoms with Crippen LogP contribution < -0.4 is 5.73 Å². The summed E-state index contributed by atoms with van der Waals surface area (Å²) < 4.78 is 6.69. The fourth-order valence-electron chi connectivity index (χ4n) is 1.30. The van der Waals surface area contributed by atoms with Gasteiger partial charge in [0.05, 0.1) is 22.4 Å². The number of hydrogen-bond acceptors (Lipinski definition) is 5. The monoisotopic (exact) mass is 287 g/mol. The third kappa shape index (κ3) is 1.89. The minimum Gasteiger partial charge on any atom is -0.388 e. The highest BCUT2D eigenvalue weighted by molar-refractivity contribution is 9.10. The highest BCUT2D eigenvalue weighted by Gasteiger charge is 2.11. The lowest BCUT2D eigenvalue weighted by Crippen LogP contribution is -2.06. The molecule has 2 N–H and O–H groups in total. The molecule has 0 fully saturated rings. The van der Waals surface area contributed by atoms with E-state index in [2.05, 4.69) is 30.6 Å². The maximum absolute atomic E-state index is 5.72. The molecule has 5 nitrogen and oxygen atoms in total. The molecule has 0 aromatic carbocycles. The Labute approximate surface area is 99.6 Å². The molecule has 2 heterocycles. The topological polar surface area (TPSA) is 69.6 Å². The van der Waals surface area contributed by atoms with Crippen molar-refractivity contribution in [3.63, 3.8) is 0 Å². The van der Waals surface area contributed by atoms with Gasteiger partial charge in [-0.25, -0.2) is 0 Å². The number of rotatable bonds is 2. The normalized spacial score (nSPS) is 10.9. The molecule has 2 aromatic rings. The third-order valence-corrected chi connectivity index (χ3v) is 3.92. The van der Waals surface area contributed by atoms with Crippen molar-refractivity contribution in [3.05, 3.63) is 21.6 Å². The van der Waals surface area contributed by atoms with Gasteiger partial charge >= 0.3 is 0 Å². The average molecular weight is 288 g/mol. The molecule has 15 heavy (non-hydrogen) atoms. The molecule has 0 spiro atoms. The molecule has 2 rings (SSSR count). The third-order valence-electron chi connectivity index (χ3n) is 2.18. The Morgan fingerprint density at radius 3 is 2.67 bits per heavy atom. The van der Waals surface area contributed by atoms with E-state index in [0.717, 1.165) is 21.6 Å². The smallest absolute Gasteiger partial charge is 0.132 e. The molecule has 0 aliphatic carbocycles. The zero-order valence-electron chi connectivity index (χ0n) is 8.36. The van der Waals surface area contributed by atoms with Gasteiger partial charge in [-0.2, -0.15) is 5.10 Å². The van der Waals surface area contributed by atoms with Crippen molar-refractivity contribution in [1.82, 2.24) is 19.4 Å². The lowest BCUT2D eigenvalue weighted by atomic mass is 10.4. The summed E-state index contributed by atoms with van der Waals surface area (Å²) in [6.07, 6.45) is 0. The van der Waals surface area contributed by atoms with E-state index in [0.29, 0.717) is 11.5 Å². The molecular formula is C8H10BrN5S. The molecule has 0 aliphatic rings. The van der Waals surface area contributed by atoms with Crippen molar-refractivity contribution in [3.8, 4) is 0 Å². The summed E-state index contributed by atoms with van der Waals surface area (Å²) >= 11 is 4.68. The maximum atomic E-state index is 5.72. The van der Waals surface area contributed by atoms with E-state index in [-0.39, 0.29) is 0 Å². The zero-order valence-corrected chi connectivity index (χ0v) is 10.8. The van der Waals surface area contributed by atoms with Crippen LogP contribution in [-0.4, -0.2) is 19.4 Å². The molecule has 0 atom stereocenters. The number of halogens is 1. The molecular weight excluding hydrogens is 278 g/mol. The molecule has 80 valence electrons. The summed E-state index contributed by atoms with van der Waals surface area (Å²) in [5.41, 5.74) is 8.54. The fraction of sp³-hybridized carbons (Fsp3) is 0.375. The summed E-state index contributed by atoms with van der Waals surface area (Å²) in [6, 6.07) is 0. The van der Waals surface area contributed by atoms with Gasteiger partial charge in [-0.15, -0.1) is 5.10 Å². The SMILES string of the molecule is Cc1nn(Cc2nnsc2N)c(C)c1Br. The van der Waals surface area contributed by atoms with Crippen LogP contribution in [0.25, 0.3) is 0 Å². The minimum atomic E-state index is 0.570. The Morgan fingerprint density at radius 1 is 1.47 bits per heavy atom. The fourth-order valence-corrected chi connectivity index (χ4v) is 2.02. The van der Waals surface area contributed by atoms with Crippen molar-refractivity contribution in [1.29, 1.82) is 0 Å². The van der Waals surface area contributed by atoms with E-state index in [1.807, 2.05) is 18.5 Å². The first-order chi connectivity index (χ1) is 7.09. The van der Waals surface area contributed by atoms with Crippen LogP contribution >= 0.6 is 27.5 Å². The van der Waals surface area contributed by atoms with Gasteiger partial charge in [0.25, 0.3) is 0 Å². The van der Waals surface area contributed by atoms with Gasteiger partial charge in [0.1, 0.15) is 10.7 Å². The molecule has 0 saturated carbocycles. The molecule has 0 saturated heterocycles. The molecule has 0 bridgehead atoms. The Balaban J connectivity index is 2.33. The summed E-state index contributed by atoms with van der Waals surface area (Å²) in [5, 5.41) is 8.99. The molecule has 7 heteroatoms. The van der Waals surface area contributed by atoms with E-state index < -0.39 is 0 Å². The minimum absolute atomic E-state index is 0.570. The Morgan fingerprint density at radius 2 is 2.20 bits per heavy atom. The number of aryl methyl sites for hydroxylation is 1. The summed E-state index contributed by atoms with van der Waals surface area (Å²) in [7, 11) is 0. The van der Waals surface area contributed by atoms with E-state index in [9.17, 15) is 0 Å². The van der Waals surface area contributed by atoms with Crippen LogP contribution in [0.5, 0.6) is 0 Å².